The smallest absolute Gasteiger partial charge is 0.0302 e. The summed E-state index contributed by atoms with van der Waals surface area (Å²) in [5.41, 5.74) is 1.64. The predicted octanol–water partition coefficient (Wildman–Crippen LogP) is 2.81. The molecule has 0 saturated carbocycles. The molecule has 0 amide bonds. The van der Waals surface area contributed by atoms with Crippen LogP contribution in [0.25, 0.3) is 0 Å². The number of nitrogens with zero attached hydrogens (tertiary/aromatic N) is 1. The van der Waals surface area contributed by atoms with E-state index in [1.165, 1.54) is 51.7 Å². The highest BCUT2D eigenvalue weighted by atomic mass is 32.1. The Kier molecular flexibility index (Phi) is 4.02. The van der Waals surface area contributed by atoms with Gasteiger partial charge in [-0.15, -0.1) is 11.3 Å². The van der Waals surface area contributed by atoms with E-state index in [0.29, 0.717) is 0 Å². The zero-order chi connectivity index (χ0) is 12.4. The first kappa shape index (κ1) is 12.6. The third-order valence-corrected chi connectivity index (χ3v) is 5.63. The molecular weight excluding hydrogens is 240 g/mol. The Bertz CT molecular complexity index is 370. The van der Waals surface area contributed by atoms with Crippen molar-refractivity contribution in [3.63, 3.8) is 0 Å². The molecule has 3 heteroatoms. The molecular formula is C15H24N2S. The summed E-state index contributed by atoms with van der Waals surface area (Å²) in [5, 5.41) is 3.76. The van der Waals surface area contributed by atoms with E-state index in [-0.39, 0.29) is 0 Å². The van der Waals surface area contributed by atoms with Crippen molar-refractivity contribution in [2.75, 3.05) is 19.6 Å². The Labute approximate surface area is 114 Å². The minimum Gasteiger partial charge on any atom is -0.309 e. The first-order valence-electron chi connectivity index (χ1n) is 7.41. The largest absolute Gasteiger partial charge is 0.309 e. The highest BCUT2D eigenvalue weighted by Crippen LogP contribution is 2.30. The zero-order valence-electron chi connectivity index (χ0n) is 11.4. The molecule has 1 aliphatic carbocycles. The van der Waals surface area contributed by atoms with Crippen LogP contribution in [0.2, 0.25) is 0 Å². The topological polar surface area (TPSA) is 15.3 Å². The van der Waals surface area contributed by atoms with E-state index in [0.717, 1.165) is 12.6 Å². The Morgan fingerprint density at radius 2 is 2.17 bits per heavy atom. The van der Waals surface area contributed by atoms with Crippen LogP contribution in [0, 0.1) is 0 Å². The lowest BCUT2D eigenvalue weighted by atomic mass is 10.1. The molecule has 0 radical (unpaired) electrons. The van der Waals surface area contributed by atoms with Gasteiger partial charge in [0.2, 0.25) is 0 Å². The van der Waals surface area contributed by atoms with Gasteiger partial charge in [-0.3, -0.25) is 0 Å². The van der Waals surface area contributed by atoms with Gasteiger partial charge in [0, 0.05) is 22.3 Å². The Balaban J connectivity index is 1.46. The minimum atomic E-state index is 0.741. The van der Waals surface area contributed by atoms with E-state index in [1.54, 1.807) is 15.3 Å². The molecule has 3 rings (SSSR count). The second-order valence-corrected chi connectivity index (χ2v) is 6.83. The highest BCUT2D eigenvalue weighted by Gasteiger charge is 2.19. The predicted molar refractivity (Wildman–Crippen MR) is 78.3 cm³/mol. The maximum absolute atomic E-state index is 3.76. The van der Waals surface area contributed by atoms with Gasteiger partial charge in [-0.2, -0.15) is 0 Å². The van der Waals surface area contributed by atoms with Gasteiger partial charge in [-0.05, 0) is 63.4 Å². The van der Waals surface area contributed by atoms with Crippen LogP contribution in [0.4, 0.5) is 0 Å². The van der Waals surface area contributed by atoms with E-state index < -0.39 is 0 Å². The standard InChI is InChI=1S/C15H24N2S/c1-2-17-8-6-13(7-9-17)16-11-14-10-12-4-3-5-15(12)18-14/h10,13,16H,2-9,11H2,1H3. The number of thiophene rings is 1. The molecule has 2 aliphatic rings. The number of hydrogen-bond donors (Lipinski definition) is 1. The number of likely N-dealkylation sites (tertiary alicyclic amines) is 1. The number of hydrogen-bond acceptors (Lipinski definition) is 3. The van der Waals surface area contributed by atoms with Crippen LogP contribution in [0.15, 0.2) is 6.07 Å². The van der Waals surface area contributed by atoms with Crippen LogP contribution in [-0.2, 0) is 19.4 Å². The SMILES string of the molecule is CCN1CCC(NCc2cc3c(s2)CCC3)CC1. The fraction of sp³-hybridized carbons (Fsp3) is 0.733. The molecule has 18 heavy (non-hydrogen) atoms. The second kappa shape index (κ2) is 5.72. The molecule has 0 spiro atoms. The monoisotopic (exact) mass is 264 g/mol. The molecule has 1 aromatic heterocycles. The first-order valence-corrected chi connectivity index (χ1v) is 8.23. The fourth-order valence-corrected chi connectivity index (χ4v) is 4.39. The van der Waals surface area contributed by atoms with Gasteiger partial charge in [0.25, 0.3) is 0 Å². The van der Waals surface area contributed by atoms with E-state index in [4.69, 9.17) is 0 Å². The van der Waals surface area contributed by atoms with E-state index in [9.17, 15) is 0 Å². The van der Waals surface area contributed by atoms with Crippen molar-refractivity contribution in [3.8, 4) is 0 Å². The van der Waals surface area contributed by atoms with E-state index in [1.807, 2.05) is 11.3 Å². The normalized spacial score (nSPS) is 21.4. The van der Waals surface area contributed by atoms with Gasteiger partial charge >= 0.3 is 0 Å². The van der Waals surface area contributed by atoms with Crippen molar-refractivity contribution in [2.45, 2.75) is 51.6 Å². The Morgan fingerprint density at radius 3 is 2.89 bits per heavy atom. The molecule has 1 aliphatic heterocycles. The van der Waals surface area contributed by atoms with E-state index >= 15 is 0 Å². The van der Waals surface area contributed by atoms with Crippen LogP contribution < -0.4 is 5.32 Å². The van der Waals surface area contributed by atoms with Gasteiger partial charge in [0.15, 0.2) is 0 Å². The average Bonchev–Trinajstić information content (AvgIpc) is 2.97. The maximum atomic E-state index is 3.76. The molecule has 0 bridgehead atoms. The Morgan fingerprint density at radius 1 is 1.33 bits per heavy atom. The molecule has 100 valence electrons. The van der Waals surface area contributed by atoms with Gasteiger partial charge in [0.1, 0.15) is 0 Å². The summed E-state index contributed by atoms with van der Waals surface area (Å²) < 4.78 is 0. The van der Waals surface area contributed by atoms with Crippen LogP contribution >= 0.6 is 11.3 Å². The van der Waals surface area contributed by atoms with Crippen molar-refractivity contribution in [3.05, 3.63) is 21.4 Å². The van der Waals surface area contributed by atoms with Crippen LogP contribution in [0.3, 0.4) is 0 Å². The maximum Gasteiger partial charge on any atom is 0.0302 e. The number of fused-ring (bicyclic) bond motifs is 1. The van der Waals surface area contributed by atoms with E-state index in [2.05, 4.69) is 23.2 Å². The number of rotatable bonds is 4. The molecule has 2 nitrogen and oxygen atoms in total. The van der Waals surface area contributed by atoms with Gasteiger partial charge in [-0.1, -0.05) is 6.92 Å². The fourth-order valence-electron chi connectivity index (χ4n) is 3.18. The van der Waals surface area contributed by atoms with Gasteiger partial charge in [-0.25, -0.2) is 0 Å². The summed E-state index contributed by atoms with van der Waals surface area (Å²) in [6.45, 7) is 7.12. The van der Waals surface area contributed by atoms with Crippen LogP contribution in [-0.4, -0.2) is 30.6 Å². The molecule has 1 saturated heterocycles. The number of aryl methyl sites for hydroxylation is 2. The minimum absolute atomic E-state index is 0.741. The summed E-state index contributed by atoms with van der Waals surface area (Å²) in [7, 11) is 0. The lowest BCUT2D eigenvalue weighted by Crippen LogP contribution is -2.41. The van der Waals surface area contributed by atoms with Crippen molar-refractivity contribution < 1.29 is 0 Å². The van der Waals surface area contributed by atoms with Gasteiger partial charge < -0.3 is 10.2 Å². The summed E-state index contributed by atoms with van der Waals surface area (Å²) >= 11 is 2.04. The first-order chi connectivity index (χ1) is 8.85. The quantitative estimate of drug-likeness (QED) is 0.899. The summed E-state index contributed by atoms with van der Waals surface area (Å²) in [5.74, 6) is 0. The molecule has 1 fully saturated rings. The third kappa shape index (κ3) is 2.79. The zero-order valence-corrected chi connectivity index (χ0v) is 12.2. The lowest BCUT2D eigenvalue weighted by Gasteiger charge is -2.31. The molecule has 0 unspecified atom stereocenters. The second-order valence-electron chi connectivity index (χ2n) is 5.60. The summed E-state index contributed by atoms with van der Waals surface area (Å²) in [6, 6.07) is 3.19. The van der Waals surface area contributed by atoms with Gasteiger partial charge in [0.05, 0.1) is 0 Å². The van der Waals surface area contributed by atoms with Crippen molar-refractivity contribution in [1.29, 1.82) is 0 Å². The van der Waals surface area contributed by atoms with Crippen molar-refractivity contribution in [1.82, 2.24) is 10.2 Å². The molecule has 1 N–H and O–H groups in total. The van der Waals surface area contributed by atoms with Crippen LogP contribution in [0.5, 0.6) is 0 Å². The third-order valence-electron chi connectivity index (χ3n) is 4.40. The molecule has 0 aromatic carbocycles. The summed E-state index contributed by atoms with van der Waals surface area (Å²) in [4.78, 5) is 5.77. The molecule has 1 aromatic rings. The molecule has 0 atom stereocenters. The average molecular weight is 264 g/mol. The number of piperidine rings is 1. The number of nitrogens with one attached hydrogen (secondary N) is 1. The lowest BCUT2D eigenvalue weighted by molar-refractivity contribution is 0.206. The van der Waals surface area contributed by atoms with Crippen molar-refractivity contribution in [2.24, 2.45) is 0 Å². The van der Waals surface area contributed by atoms with Crippen LogP contribution in [0.1, 0.15) is 41.5 Å². The summed E-state index contributed by atoms with van der Waals surface area (Å²) in [6.07, 6.45) is 6.66. The Hall–Kier alpha value is -0.380. The highest BCUT2D eigenvalue weighted by molar-refractivity contribution is 7.12. The van der Waals surface area contributed by atoms with Crippen molar-refractivity contribution >= 4 is 11.3 Å². The molecule has 2 heterocycles.